The summed E-state index contributed by atoms with van der Waals surface area (Å²) < 4.78 is 5.50. The van der Waals surface area contributed by atoms with Gasteiger partial charge in [0.15, 0.2) is 6.10 Å². The van der Waals surface area contributed by atoms with Crippen LogP contribution in [0.5, 0.6) is 11.5 Å². The van der Waals surface area contributed by atoms with Gasteiger partial charge < -0.3 is 21.3 Å². The highest BCUT2D eigenvalue weighted by Gasteiger charge is 2.31. The third-order valence-electron chi connectivity index (χ3n) is 4.06. The number of nitrogens with two attached hydrogens (primary N) is 2. The van der Waals surface area contributed by atoms with Gasteiger partial charge in [-0.15, -0.1) is 0 Å². The van der Waals surface area contributed by atoms with Crippen molar-refractivity contribution in [2.45, 2.75) is 25.5 Å². The maximum atomic E-state index is 11.3. The molecule has 2 aromatic rings. The van der Waals surface area contributed by atoms with Crippen LogP contribution in [0.4, 0.5) is 0 Å². The summed E-state index contributed by atoms with van der Waals surface area (Å²) in [4.78, 5) is 11.3. The number of aromatic hydroxyl groups is 1. The minimum Gasteiger partial charge on any atom is -0.508 e. The van der Waals surface area contributed by atoms with Gasteiger partial charge in [0, 0.05) is 24.1 Å². The highest BCUT2D eigenvalue weighted by Crippen LogP contribution is 2.43. The molecule has 5 N–H and O–H groups in total. The molecular formula is C17H16Cl2N2O3. The maximum Gasteiger partial charge on any atom is 0.258 e. The number of carbonyl (C=O) groups is 1. The van der Waals surface area contributed by atoms with E-state index in [0.717, 1.165) is 16.7 Å². The molecule has 7 heteroatoms. The second-order valence-corrected chi connectivity index (χ2v) is 6.46. The van der Waals surface area contributed by atoms with Gasteiger partial charge in [0.2, 0.25) is 0 Å². The van der Waals surface area contributed by atoms with Crippen molar-refractivity contribution in [3.63, 3.8) is 0 Å². The SMILES string of the molecule is NCc1cc(Cc2cc3c(c(Cl)c2Cl)OC(C(N)=O)C3)ccc1O. The predicted octanol–water partition coefficient (Wildman–Crippen LogP) is 2.54. The lowest BCUT2D eigenvalue weighted by Gasteiger charge is -2.12. The number of carbonyl (C=O) groups excluding carboxylic acids is 1. The molecule has 0 aromatic heterocycles. The zero-order valence-electron chi connectivity index (χ0n) is 12.7. The standard InChI is InChI=1S/C17H16Cl2N2O3/c18-14-9(3-8-1-2-12(22)11(4-8)7-20)5-10-6-13(17(21)23)24-16(10)15(14)19/h1-2,4-5,13,22H,3,6-7,20H2,(H2,21,23). The van der Waals surface area contributed by atoms with Gasteiger partial charge in [-0.05, 0) is 23.6 Å². The van der Waals surface area contributed by atoms with Crippen LogP contribution in [0.2, 0.25) is 10.0 Å². The van der Waals surface area contributed by atoms with Gasteiger partial charge >= 0.3 is 0 Å². The maximum absolute atomic E-state index is 11.3. The van der Waals surface area contributed by atoms with E-state index in [1.54, 1.807) is 12.1 Å². The molecule has 5 nitrogen and oxygen atoms in total. The van der Waals surface area contributed by atoms with Crippen molar-refractivity contribution in [2.24, 2.45) is 11.5 Å². The molecule has 1 aliphatic rings. The fourth-order valence-corrected chi connectivity index (χ4v) is 3.30. The van der Waals surface area contributed by atoms with E-state index in [-0.39, 0.29) is 17.3 Å². The highest BCUT2D eigenvalue weighted by molar-refractivity contribution is 6.43. The number of benzene rings is 2. The van der Waals surface area contributed by atoms with Gasteiger partial charge in [0.05, 0.1) is 5.02 Å². The Hall–Kier alpha value is -1.95. The second-order valence-electron chi connectivity index (χ2n) is 5.71. The fourth-order valence-electron chi connectivity index (χ4n) is 2.80. The number of halogens is 2. The van der Waals surface area contributed by atoms with Gasteiger partial charge in [0.1, 0.15) is 16.5 Å². The molecule has 0 aliphatic carbocycles. The normalized spacial score (nSPS) is 15.9. The van der Waals surface area contributed by atoms with Gasteiger partial charge in [-0.2, -0.15) is 0 Å². The molecule has 3 rings (SSSR count). The first-order valence-electron chi connectivity index (χ1n) is 7.37. The summed E-state index contributed by atoms with van der Waals surface area (Å²) in [5.41, 5.74) is 14.1. The first-order valence-corrected chi connectivity index (χ1v) is 8.12. The van der Waals surface area contributed by atoms with Crippen LogP contribution in [0.25, 0.3) is 0 Å². The summed E-state index contributed by atoms with van der Waals surface area (Å²) in [6, 6.07) is 7.11. The Bertz CT molecular complexity index is 824. The largest absolute Gasteiger partial charge is 0.508 e. The molecule has 0 saturated heterocycles. The van der Waals surface area contributed by atoms with Crippen LogP contribution >= 0.6 is 23.2 Å². The number of phenolic OH excluding ortho intramolecular Hbond substituents is 1. The quantitative estimate of drug-likeness (QED) is 0.773. The van der Waals surface area contributed by atoms with Crippen LogP contribution in [-0.2, 0) is 24.2 Å². The van der Waals surface area contributed by atoms with E-state index in [0.29, 0.717) is 29.2 Å². The average molecular weight is 367 g/mol. The van der Waals surface area contributed by atoms with Crippen LogP contribution in [0.3, 0.4) is 0 Å². The predicted molar refractivity (Wildman–Crippen MR) is 92.6 cm³/mol. The lowest BCUT2D eigenvalue weighted by atomic mass is 9.99. The van der Waals surface area contributed by atoms with E-state index in [1.807, 2.05) is 12.1 Å². The van der Waals surface area contributed by atoms with Crippen molar-refractivity contribution >= 4 is 29.1 Å². The molecule has 1 heterocycles. The number of fused-ring (bicyclic) bond motifs is 1. The molecule has 0 saturated carbocycles. The minimum absolute atomic E-state index is 0.164. The summed E-state index contributed by atoms with van der Waals surface area (Å²) in [6.45, 7) is 0.243. The van der Waals surface area contributed by atoms with Crippen LogP contribution in [0.1, 0.15) is 22.3 Å². The summed E-state index contributed by atoms with van der Waals surface area (Å²) in [5.74, 6) is 0.0469. The molecule has 24 heavy (non-hydrogen) atoms. The Morgan fingerprint density at radius 2 is 2.00 bits per heavy atom. The first-order chi connectivity index (χ1) is 11.4. The van der Waals surface area contributed by atoms with E-state index in [2.05, 4.69) is 0 Å². The van der Waals surface area contributed by atoms with Crippen molar-refractivity contribution in [3.05, 3.63) is 56.6 Å². The average Bonchev–Trinajstić information content (AvgIpc) is 2.98. The minimum atomic E-state index is -0.721. The van der Waals surface area contributed by atoms with E-state index in [4.69, 9.17) is 39.4 Å². The van der Waals surface area contributed by atoms with E-state index in [1.165, 1.54) is 0 Å². The number of ether oxygens (including phenoxy) is 1. The third-order valence-corrected chi connectivity index (χ3v) is 4.94. The topological polar surface area (TPSA) is 98.6 Å². The Balaban J connectivity index is 1.95. The zero-order valence-corrected chi connectivity index (χ0v) is 14.2. The summed E-state index contributed by atoms with van der Waals surface area (Å²) in [7, 11) is 0. The molecular weight excluding hydrogens is 351 g/mol. The Kier molecular flexibility index (Phi) is 4.58. The summed E-state index contributed by atoms with van der Waals surface area (Å²) >= 11 is 12.7. The molecule has 0 fully saturated rings. The Morgan fingerprint density at radius 1 is 1.25 bits per heavy atom. The van der Waals surface area contributed by atoms with Crippen LogP contribution in [0.15, 0.2) is 24.3 Å². The number of hydrogen-bond donors (Lipinski definition) is 3. The third kappa shape index (κ3) is 3.02. The number of rotatable bonds is 4. The van der Waals surface area contributed by atoms with E-state index in [9.17, 15) is 9.90 Å². The lowest BCUT2D eigenvalue weighted by molar-refractivity contribution is -0.123. The molecule has 0 radical (unpaired) electrons. The second kappa shape index (κ2) is 6.51. The Morgan fingerprint density at radius 3 is 2.67 bits per heavy atom. The number of primary amides is 1. The molecule has 1 aliphatic heterocycles. The van der Waals surface area contributed by atoms with Crippen molar-refractivity contribution in [1.82, 2.24) is 0 Å². The van der Waals surface area contributed by atoms with Crippen LogP contribution < -0.4 is 16.2 Å². The van der Waals surface area contributed by atoms with Crippen LogP contribution in [0, 0.1) is 0 Å². The monoisotopic (exact) mass is 366 g/mol. The Labute approximate surface area is 149 Å². The molecule has 1 atom stereocenters. The number of hydrogen-bond acceptors (Lipinski definition) is 4. The summed E-state index contributed by atoms with van der Waals surface area (Å²) in [5, 5.41) is 10.4. The molecule has 2 aromatic carbocycles. The highest BCUT2D eigenvalue weighted by atomic mass is 35.5. The zero-order chi connectivity index (χ0) is 17.4. The number of amides is 1. The smallest absolute Gasteiger partial charge is 0.258 e. The number of phenols is 1. The van der Waals surface area contributed by atoms with E-state index < -0.39 is 12.0 Å². The van der Waals surface area contributed by atoms with Gasteiger partial charge in [-0.3, -0.25) is 4.79 Å². The molecule has 0 spiro atoms. The first kappa shape index (κ1) is 16.9. The van der Waals surface area contributed by atoms with Gasteiger partial charge in [-0.25, -0.2) is 0 Å². The van der Waals surface area contributed by atoms with Crippen molar-refractivity contribution in [2.75, 3.05) is 0 Å². The lowest BCUT2D eigenvalue weighted by Crippen LogP contribution is -2.31. The van der Waals surface area contributed by atoms with Crippen molar-refractivity contribution in [3.8, 4) is 11.5 Å². The summed E-state index contributed by atoms with van der Waals surface area (Å²) in [6.07, 6.45) is 0.166. The molecule has 126 valence electrons. The fraction of sp³-hybridized carbons (Fsp3) is 0.235. The molecule has 1 amide bonds. The van der Waals surface area contributed by atoms with Crippen LogP contribution in [-0.4, -0.2) is 17.1 Å². The van der Waals surface area contributed by atoms with Crippen molar-refractivity contribution in [1.29, 1.82) is 0 Å². The van der Waals surface area contributed by atoms with Gasteiger partial charge in [0.25, 0.3) is 5.91 Å². The van der Waals surface area contributed by atoms with E-state index >= 15 is 0 Å². The van der Waals surface area contributed by atoms with Gasteiger partial charge in [-0.1, -0.05) is 41.4 Å². The van der Waals surface area contributed by atoms with Crippen molar-refractivity contribution < 1.29 is 14.6 Å². The molecule has 1 unspecified atom stereocenters. The molecule has 0 bridgehead atoms.